The van der Waals surface area contributed by atoms with Crippen LogP contribution in [0.2, 0.25) is 0 Å². The maximum Gasteiger partial charge on any atom is 0.192 e. The predicted molar refractivity (Wildman–Crippen MR) is 95.0 cm³/mol. The average Bonchev–Trinajstić information content (AvgIpc) is 2.89. The van der Waals surface area contributed by atoms with Gasteiger partial charge in [-0.05, 0) is 38.5 Å². The molecular weight excluding hydrogens is 304 g/mol. The Morgan fingerprint density at radius 2 is 1.96 bits per heavy atom. The number of methoxy groups -OCH3 is 1. The normalized spacial score (nSPS) is 11.7. The van der Waals surface area contributed by atoms with E-state index in [-0.39, 0.29) is 6.04 Å². The summed E-state index contributed by atoms with van der Waals surface area (Å²) < 4.78 is 7.13. The molecule has 0 radical (unpaired) electrons. The van der Waals surface area contributed by atoms with Gasteiger partial charge in [0.1, 0.15) is 11.6 Å². The van der Waals surface area contributed by atoms with Crippen molar-refractivity contribution in [1.82, 2.24) is 25.4 Å². The Kier molecular flexibility index (Phi) is 6.17. The van der Waals surface area contributed by atoms with Crippen LogP contribution in [0.15, 0.2) is 29.3 Å². The van der Waals surface area contributed by atoms with E-state index in [0.29, 0.717) is 13.1 Å². The van der Waals surface area contributed by atoms with Crippen LogP contribution >= 0.6 is 0 Å². The second-order valence-electron chi connectivity index (χ2n) is 5.89. The van der Waals surface area contributed by atoms with Crippen LogP contribution < -0.4 is 15.4 Å². The van der Waals surface area contributed by atoms with Gasteiger partial charge in [-0.1, -0.05) is 12.1 Å². The molecule has 2 N–H and O–H groups in total. The van der Waals surface area contributed by atoms with Crippen molar-refractivity contribution in [3.63, 3.8) is 0 Å². The molecular formula is C17H26N6O. The molecule has 0 bridgehead atoms. The van der Waals surface area contributed by atoms with Gasteiger partial charge < -0.3 is 19.9 Å². The summed E-state index contributed by atoms with van der Waals surface area (Å²) in [4.78, 5) is 4.64. The minimum absolute atomic E-state index is 0.286. The Balaban J connectivity index is 2.01. The third-order valence-corrected chi connectivity index (χ3v) is 3.60. The molecule has 0 aliphatic rings. The van der Waals surface area contributed by atoms with E-state index >= 15 is 0 Å². The lowest BCUT2D eigenvalue weighted by molar-refractivity contribution is 0.414. The first-order valence-electron chi connectivity index (χ1n) is 8.02. The molecule has 0 saturated carbocycles. The van der Waals surface area contributed by atoms with Crippen LogP contribution in [-0.2, 0) is 20.1 Å². The second-order valence-corrected chi connectivity index (χ2v) is 5.89. The zero-order valence-electron chi connectivity index (χ0n) is 15.0. The summed E-state index contributed by atoms with van der Waals surface area (Å²) >= 11 is 0. The first-order chi connectivity index (χ1) is 11.5. The van der Waals surface area contributed by atoms with Gasteiger partial charge >= 0.3 is 0 Å². The standard InChI is InChI=1S/C17H26N6O/c1-12(2)20-17(19-11-16-22-21-13(3)23(16)4)18-10-14-6-8-15(24-5)9-7-14/h6-9,12H,10-11H2,1-5H3,(H2,18,19,20). The van der Waals surface area contributed by atoms with Gasteiger partial charge in [-0.3, -0.25) is 0 Å². The Bertz CT molecular complexity index is 675. The van der Waals surface area contributed by atoms with E-state index in [1.54, 1.807) is 7.11 Å². The lowest BCUT2D eigenvalue weighted by Gasteiger charge is -2.15. The third kappa shape index (κ3) is 4.97. The molecule has 1 aromatic heterocycles. The highest BCUT2D eigenvalue weighted by Crippen LogP contribution is 2.11. The van der Waals surface area contributed by atoms with Gasteiger partial charge in [0.25, 0.3) is 0 Å². The highest BCUT2D eigenvalue weighted by molar-refractivity contribution is 5.79. The first kappa shape index (κ1) is 17.8. The summed E-state index contributed by atoms with van der Waals surface area (Å²) in [5.41, 5.74) is 1.12. The average molecular weight is 330 g/mol. The Hall–Kier alpha value is -2.57. The van der Waals surface area contributed by atoms with Crippen molar-refractivity contribution in [1.29, 1.82) is 0 Å². The van der Waals surface area contributed by atoms with E-state index in [1.165, 1.54) is 0 Å². The number of guanidine groups is 1. The fourth-order valence-corrected chi connectivity index (χ4v) is 2.10. The molecule has 0 aliphatic carbocycles. The highest BCUT2D eigenvalue weighted by atomic mass is 16.5. The summed E-state index contributed by atoms with van der Waals surface area (Å²) in [5.74, 6) is 3.36. The zero-order chi connectivity index (χ0) is 17.5. The highest BCUT2D eigenvalue weighted by Gasteiger charge is 2.07. The van der Waals surface area contributed by atoms with E-state index in [1.807, 2.05) is 42.8 Å². The maximum atomic E-state index is 5.17. The quantitative estimate of drug-likeness (QED) is 0.624. The van der Waals surface area contributed by atoms with Crippen LogP contribution in [0.4, 0.5) is 0 Å². The number of rotatable bonds is 6. The molecule has 24 heavy (non-hydrogen) atoms. The summed E-state index contributed by atoms with van der Waals surface area (Å²) in [6, 6.07) is 8.20. The molecule has 0 amide bonds. The lowest BCUT2D eigenvalue weighted by atomic mass is 10.2. The van der Waals surface area contributed by atoms with E-state index in [9.17, 15) is 0 Å². The van der Waals surface area contributed by atoms with E-state index in [0.717, 1.165) is 28.9 Å². The lowest BCUT2D eigenvalue weighted by Crippen LogP contribution is -2.41. The van der Waals surface area contributed by atoms with Crippen molar-refractivity contribution in [2.45, 2.75) is 39.9 Å². The number of nitrogens with one attached hydrogen (secondary N) is 2. The van der Waals surface area contributed by atoms with Crippen molar-refractivity contribution in [2.24, 2.45) is 12.0 Å². The van der Waals surface area contributed by atoms with Gasteiger partial charge in [0, 0.05) is 13.1 Å². The number of hydrogen-bond acceptors (Lipinski definition) is 4. The molecule has 7 heteroatoms. The predicted octanol–water partition coefficient (Wildman–Crippen LogP) is 1.78. The van der Waals surface area contributed by atoms with Crippen molar-refractivity contribution >= 4 is 5.96 Å². The molecule has 0 atom stereocenters. The number of hydrogen-bond donors (Lipinski definition) is 2. The number of aliphatic imine (C=N–C) groups is 1. The van der Waals surface area contributed by atoms with Gasteiger partial charge in [0.2, 0.25) is 0 Å². The Morgan fingerprint density at radius 3 is 2.50 bits per heavy atom. The molecule has 0 aliphatic heterocycles. The van der Waals surface area contributed by atoms with Crippen LogP contribution in [0, 0.1) is 6.92 Å². The van der Waals surface area contributed by atoms with E-state index < -0.39 is 0 Å². The van der Waals surface area contributed by atoms with Gasteiger partial charge in [0.05, 0.1) is 20.2 Å². The molecule has 130 valence electrons. The van der Waals surface area contributed by atoms with Crippen LogP contribution in [-0.4, -0.2) is 33.9 Å². The SMILES string of the molecule is COc1ccc(CN=C(NCc2nnc(C)n2C)NC(C)C)cc1. The second kappa shape index (κ2) is 8.33. The molecule has 1 aromatic carbocycles. The minimum atomic E-state index is 0.286. The van der Waals surface area contributed by atoms with Crippen LogP contribution in [0.5, 0.6) is 5.75 Å². The minimum Gasteiger partial charge on any atom is -0.497 e. The maximum absolute atomic E-state index is 5.17. The number of aryl methyl sites for hydroxylation is 1. The molecule has 2 rings (SSSR count). The van der Waals surface area contributed by atoms with Crippen molar-refractivity contribution < 1.29 is 4.74 Å². The van der Waals surface area contributed by atoms with Crippen LogP contribution in [0.1, 0.15) is 31.1 Å². The zero-order valence-corrected chi connectivity index (χ0v) is 15.0. The molecule has 0 saturated heterocycles. The molecule has 0 spiro atoms. The Morgan fingerprint density at radius 1 is 1.25 bits per heavy atom. The Labute approximate surface area is 143 Å². The third-order valence-electron chi connectivity index (χ3n) is 3.60. The molecule has 1 heterocycles. The first-order valence-corrected chi connectivity index (χ1v) is 8.02. The topological polar surface area (TPSA) is 76.4 Å². The summed E-state index contributed by atoms with van der Waals surface area (Å²) in [6.45, 7) is 7.25. The van der Waals surface area contributed by atoms with Gasteiger partial charge in [-0.25, -0.2) is 4.99 Å². The van der Waals surface area contributed by atoms with Gasteiger partial charge in [-0.2, -0.15) is 0 Å². The van der Waals surface area contributed by atoms with Gasteiger partial charge in [0.15, 0.2) is 11.8 Å². The number of nitrogens with zero attached hydrogens (tertiary/aromatic N) is 4. The number of benzene rings is 1. The number of aromatic nitrogens is 3. The molecule has 0 unspecified atom stereocenters. The van der Waals surface area contributed by atoms with Crippen molar-refractivity contribution in [2.75, 3.05) is 7.11 Å². The number of ether oxygens (including phenoxy) is 1. The van der Waals surface area contributed by atoms with Crippen LogP contribution in [0.3, 0.4) is 0 Å². The summed E-state index contributed by atoms with van der Waals surface area (Å²) in [6.07, 6.45) is 0. The molecule has 7 nitrogen and oxygen atoms in total. The molecule has 2 aromatic rings. The van der Waals surface area contributed by atoms with Crippen molar-refractivity contribution in [3.05, 3.63) is 41.5 Å². The van der Waals surface area contributed by atoms with Gasteiger partial charge in [-0.15, -0.1) is 10.2 Å². The fraction of sp³-hybridized carbons (Fsp3) is 0.471. The largest absolute Gasteiger partial charge is 0.497 e. The van der Waals surface area contributed by atoms with Crippen molar-refractivity contribution in [3.8, 4) is 5.75 Å². The smallest absolute Gasteiger partial charge is 0.192 e. The monoisotopic (exact) mass is 330 g/mol. The van der Waals surface area contributed by atoms with E-state index in [2.05, 4.69) is 39.7 Å². The summed E-state index contributed by atoms with van der Waals surface area (Å²) in [7, 11) is 3.62. The van der Waals surface area contributed by atoms with E-state index in [4.69, 9.17) is 4.74 Å². The molecule has 0 fully saturated rings. The van der Waals surface area contributed by atoms with Crippen LogP contribution in [0.25, 0.3) is 0 Å². The fourth-order valence-electron chi connectivity index (χ4n) is 2.10. The summed E-state index contributed by atoms with van der Waals surface area (Å²) in [5, 5.41) is 14.9.